The van der Waals surface area contributed by atoms with Crippen LogP contribution < -0.4 is 0 Å². The van der Waals surface area contributed by atoms with E-state index >= 15 is 0 Å². The van der Waals surface area contributed by atoms with E-state index in [-0.39, 0.29) is 5.97 Å². The van der Waals surface area contributed by atoms with Crippen molar-refractivity contribution in [1.29, 1.82) is 0 Å². The summed E-state index contributed by atoms with van der Waals surface area (Å²) in [6.07, 6.45) is 11.2. The van der Waals surface area contributed by atoms with Gasteiger partial charge < -0.3 is 4.74 Å². The van der Waals surface area contributed by atoms with Gasteiger partial charge in [0.15, 0.2) is 0 Å². The van der Waals surface area contributed by atoms with Crippen molar-refractivity contribution in [2.24, 2.45) is 0 Å². The molecule has 0 amide bonds. The van der Waals surface area contributed by atoms with Crippen LogP contribution in [0.2, 0.25) is 0 Å². The molecule has 0 N–H and O–H groups in total. The molecule has 0 unspecified atom stereocenters. The van der Waals surface area contributed by atoms with Gasteiger partial charge in [0.25, 0.3) is 0 Å². The van der Waals surface area contributed by atoms with Gasteiger partial charge in [-0.05, 0) is 19.3 Å². The maximum atomic E-state index is 11.2. The molecule has 2 nitrogen and oxygen atoms in total. The van der Waals surface area contributed by atoms with Crippen LogP contribution in [0.15, 0.2) is 12.2 Å². The van der Waals surface area contributed by atoms with Crippen molar-refractivity contribution in [2.75, 3.05) is 11.9 Å². The van der Waals surface area contributed by atoms with Crippen LogP contribution >= 0.6 is 15.9 Å². The number of unbranched alkanes of at least 4 members (excludes halogenated alkanes) is 4. The number of hydrogen-bond donors (Lipinski definition) is 0. The molecule has 94 valence electrons. The van der Waals surface area contributed by atoms with Gasteiger partial charge in [-0.3, -0.25) is 4.79 Å². The Balaban J connectivity index is 3.20. The first-order valence-corrected chi connectivity index (χ1v) is 7.30. The molecule has 0 aromatic rings. The smallest absolute Gasteiger partial charge is 0.306 e. The van der Waals surface area contributed by atoms with Crippen LogP contribution in [0, 0.1) is 0 Å². The second-order valence-corrected chi connectivity index (χ2v) is 4.56. The largest absolute Gasteiger partial charge is 0.461 e. The van der Waals surface area contributed by atoms with Crippen LogP contribution in [0.3, 0.4) is 0 Å². The summed E-state index contributed by atoms with van der Waals surface area (Å²) in [4.78, 5) is 11.2. The molecule has 0 spiro atoms. The molecule has 0 aromatic heterocycles. The van der Waals surface area contributed by atoms with Gasteiger partial charge in [-0.25, -0.2) is 0 Å². The van der Waals surface area contributed by atoms with Crippen LogP contribution in [0.1, 0.15) is 51.9 Å². The maximum Gasteiger partial charge on any atom is 0.306 e. The average Bonchev–Trinajstić information content (AvgIpc) is 2.29. The highest BCUT2D eigenvalue weighted by Crippen LogP contribution is 2.07. The minimum atomic E-state index is -0.0683. The van der Waals surface area contributed by atoms with Crippen LogP contribution in [0.4, 0.5) is 0 Å². The highest BCUT2D eigenvalue weighted by Gasteiger charge is 2.00. The summed E-state index contributed by atoms with van der Waals surface area (Å²) >= 11 is 3.40. The Morgan fingerprint density at radius 2 is 1.81 bits per heavy atom. The fourth-order valence-electron chi connectivity index (χ4n) is 1.34. The first-order valence-electron chi connectivity index (χ1n) is 6.17. The zero-order chi connectivity index (χ0) is 12.1. The summed E-state index contributed by atoms with van der Waals surface area (Å²) < 4.78 is 5.04. The molecule has 3 heteroatoms. The normalized spacial score (nSPS) is 10.9. The lowest BCUT2D eigenvalue weighted by molar-refractivity contribution is -0.142. The monoisotopic (exact) mass is 290 g/mol. The van der Waals surface area contributed by atoms with Gasteiger partial charge in [0.05, 0.1) is 0 Å². The van der Waals surface area contributed by atoms with Crippen molar-refractivity contribution < 1.29 is 9.53 Å². The van der Waals surface area contributed by atoms with E-state index in [0.717, 1.165) is 24.6 Å². The fourth-order valence-corrected chi connectivity index (χ4v) is 1.74. The van der Waals surface area contributed by atoms with Gasteiger partial charge in [0.2, 0.25) is 0 Å². The summed E-state index contributed by atoms with van der Waals surface area (Å²) in [6, 6.07) is 0. The zero-order valence-corrected chi connectivity index (χ0v) is 11.8. The predicted molar refractivity (Wildman–Crippen MR) is 71.9 cm³/mol. The Labute approximate surface area is 108 Å². The minimum Gasteiger partial charge on any atom is -0.461 e. The quantitative estimate of drug-likeness (QED) is 0.260. The lowest BCUT2D eigenvalue weighted by Crippen LogP contribution is -2.03. The predicted octanol–water partition coefficient (Wildman–Crippen LogP) is 4.23. The van der Waals surface area contributed by atoms with Crippen molar-refractivity contribution in [1.82, 2.24) is 0 Å². The fraction of sp³-hybridized carbons (Fsp3) is 0.769. The second kappa shape index (κ2) is 12.8. The summed E-state index contributed by atoms with van der Waals surface area (Å²) in [6.45, 7) is 2.49. The Kier molecular flexibility index (Phi) is 12.5. The van der Waals surface area contributed by atoms with E-state index in [2.05, 4.69) is 22.9 Å². The molecule has 0 aliphatic carbocycles. The van der Waals surface area contributed by atoms with E-state index in [9.17, 15) is 4.79 Å². The van der Waals surface area contributed by atoms with Crippen LogP contribution in [0.5, 0.6) is 0 Å². The number of carbonyl (C=O) groups excluding carboxylic acids is 1. The van der Waals surface area contributed by atoms with Crippen molar-refractivity contribution in [2.45, 2.75) is 51.9 Å². The second-order valence-electron chi connectivity index (χ2n) is 3.77. The van der Waals surface area contributed by atoms with E-state index in [1.54, 1.807) is 0 Å². The van der Waals surface area contributed by atoms with E-state index < -0.39 is 0 Å². The Bertz CT molecular complexity index is 190. The average molecular weight is 291 g/mol. The maximum absolute atomic E-state index is 11.2. The molecule has 0 aliphatic heterocycles. The van der Waals surface area contributed by atoms with Crippen molar-refractivity contribution in [3.63, 3.8) is 0 Å². The van der Waals surface area contributed by atoms with Gasteiger partial charge in [-0.15, -0.1) is 0 Å². The third-order valence-corrected chi connectivity index (χ3v) is 2.82. The molecule has 16 heavy (non-hydrogen) atoms. The topological polar surface area (TPSA) is 26.3 Å². The Morgan fingerprint density at radius 3 is 2.50 bits per heavy atom. The number of allylic oxidation sites excluding steroid dienone is 1. The van der Waals surface area contributed by atoms with Gasteiger partial charge >= 0.3 is 5.97 Å². The molecule has 0 aliphatic rings. The molecule has 0 bridgehead atoms. The molecular weight excluding hydrogens is 268 g/mol. The molecule has 0 fully saturated rings. The summed E-state index contributed by atoms with van der Waals surface area (Å²) in [5.74, 6) is -0.0683. The number of alkyl halides is 1. The SMILES string of the molecule is CC/C=C\COC(=O)CCCCCCCBr. The first kappa shape index (κ1) is 15.7. The highest BCUT2D eigenvalue weighted by atomic mass is 79.9. The minimum absolute atomic E-state index is 0.0683. The van der Waals surface area contributed by atoms with Crippen LogP contribution in [0.25, 0.3) is 0 Å². The van der Waals surface area contributed by atoms with Gasteiger partial charge in [-0.1, -0.05) is 54.3 Å². The van der Waals surface area contributed by atoms with E-state index in [1.165, 1.54) is 19.3 Å². The number of ether oxygens (including phenoxy) is 1. The van der Waals surface area contributed by atoms with Gasteiger partial charge in [0, 0.05) is 11.8 Å². The molecule has 0 saturated heterocycles. The number of carbonyl (C=O) groups is 1. The molecule has 0 atom stereocenters. The van der Waals surface area contributed by atoms with Crippen molar-refractivity contribution in [3.05, 3.63) is 12.2 Å². The molecule has 0 radical (unpaired) electrons. The van der Waals surface area contributed by atoms with E-state index in [1.807, 2.05) is 12.2 Å². The first-order chi connectivity index (χ1) is 7.81. The van der Waals surface area contributed by atoms with Gasteiger partial charge in [0.1, 0.15) is 6.61 Å². The van der Waals surface area contributed by atoms with Gasteiger partial charge in [-0.2, -0.15) is 0 Å². The van der Waals surface area contributed by atoms with Crippen molar-refractivity contribution >= 4 is 21.9 Å². The molecule has 0 saturated carbocycles. The zero-order valence-electron chi connectivity index (χ0n) is 10.2. The lowest BCUT2D eigenvalue weighted by atomic mass is 10.1. The number of hydrogen-bond acceptors (Lipinski definition) is 2. The number of halogens is 1. The molecule has 0 heterocycles. The third-order valence-electron chi connectivity index (χ3n) is 2.26. The highest BCUT2D eigenvalue weighted by molar-refractivity contribution is 9.09. The Hall–Kier alpha value is -0.310. The van der Waals surface area contributed by atoms with E-state index in [4.69, 9.17) is 4.74 Å². The van der Waals surface area contributed by atoms with Crippen molar-refractivity contribution in [3.8, 4) is 0 Å². The van der Waals surface area contributed by atoms with Crippen LogP contribution in [-0.2, 0) is 9.53 Å². The summed E-state index contributed by atoms with van der Waals surface area (Å²) in [7, 11) is 0. The molecule has 0 rings (SSSR count). The number of esters is 1. The Morgan fingerprint density at radius 1 is 1.12 bits per heavy atom. The summed E-state index contributed by atoms with van der Waals surface area (Å²) in [5.41, 5.74) is 0. The number of rotatable bonds is 10. The van der Waals surface area contributed by atoms with Crippen LogP contribution in [-0.4, -0.2) is 17.9 Å². The standard InChI is InChI=1S/C13H23BrO2/c1-2-3-9-12-16-13(15)10-7-5-4-6-8-11-14/h3,9H,2,4-8,10-12H2,1H3/b9-3-. The molecule has 0 aromatic carbocycles. The summed E-state index contributed by atoms with van der Waals surface area (Å²) in [5, 5.41) is 1.08. The lowest BCUT2D eigenvalue weighted by Gasteiger charge is -2.02. The molecular formula is C13H23BrO2. The van der Waals surface area contributed by atoms with E-state index in [0.29, 0.717) is 13.0 Å². The third kappa shape index (κ3) is 11.8.